The number of rotatable bonds is 3. The van der Waals surface area contributed by atoms with Crippen LogP contribution >= 0.6 is 22.9 Å². The molecular weight excluding hydrogens is 326 g/mol. The van der Waals surface area contributed by atoms with Crippen molar-refractivity contribution in [2.75, 3.05) is 0 Å². The maximum Gasteiger partial charge on any atom is 0.191 e. The van der Waals surface area contributed by atoms with Gasteiger partial charge in [0.1, 0.15) is 0 Å². The third-order valence-corrected chi connectivity index (χ3v) is 4.62. The number of aliphatic imine (C=N–C) groups is 1. The van der Waals surface area contributed by atoms with Crippen LogP contribution in [0.15, 0.2) is 76.0 Å². The summed E-state index contributed by atoms with van der Waals surface area (Å²) in [5.74, 6) is 1.16. The normalized spacial score (nSPS) is 12.6. The van der Waals surface area contributed by atoms with Gasteiger partial charge in [-0.1, -0.05) is 48.5 Å². The number of thiazole rings is 1. The molecule has 0 atom stereocenters. The van der Waals surface area contributed by atoms with Crippen LogP contribution < -0.4 is 4.80 Å². The number of nitrogens with zero attached hydrogens (tertiary/aromatic N) is 3. The zero-order valence-corrected chi connectivity index (χ0v) is 14.3. The first-order valence-corrected chi connectivity index (χ1v) is 8.62. The molecule has 23 heavy (non-hydrogen) atoms. The lowest BCUT2D eigenvalue weighted by molar-refractivity contribution is 0.830. The first kappa shape index (κ1) is 15.7. The summed E-state index contributed by atoms with van der Waals surface area (Å²) >= 11 is 7.51. The molecular formula is C18H16ClN3S. The van der Waals surface area contributed by atoms with Gasteiger partial charge < -0.3 is 4.57 Å². The van der Waals surface area contributed by atoms with Crippen LogP contribution in [0.1, 0.15) is 11.3 Å². The molecule has 0 aliphatic carbocycles. The van der Waals surface area contributed by atoms with E-state index in [4.69, 9.17) is 21.6 Å². The van der Waals surface area contributed by atoms with Crippen LogP contribution in [0.5, 0.6) is 0 Å². The van der Waals surface area contributed by atoms with E-state index in [0.717, 1.165) is 21.7 Å². The molecule has 0 radical (unpaired) electrons. The summed E-state index contributed by atoms with van der Waals surface area (Å²) in [6.45, 7) is 0. The number of para-hydroxylation sites is 1. The van der Waals surface area contributed by atoms with E-state index in [-0.39, 0.29) is 0 Å². The second-order valence-corrected chi connectivity index (χ2v) is 6.05. The zero-order chi connectivity index (χ0) is 16.1. The number of hydrogen-bond donors (Lipinski definition) is 0. The summed E-state index contributed by atoms with van der Waals surface area (Å²) in [5, 5.41) is 2.02. The minimum absolute atomic E-state index is 0.471. The van der Waals surface area contributed by atoms with Gasteiger partial charge in [-0.25, -0.2) is 9.98 Å². The first-order valence-electron chi connectivity index (χ1n) is 7.21. The van der Waals surface area contributed by atoms with Crippen molar-refractivity contribution in [2.24, 2.45) is 17.0 Å². The van der Waals surface area contributed by atoms with Crippen LogP contribution in [0.25, 0.3) is 0 Å². The third-order valence-electron chi connectivity index (χ3n) is 3.38. The molecule has 0 N–H and O–H groups in total. The second-order valence-electron chi connectivity index (χ2n) is 4.95. The highest BCUT2D eigenvalue weighted by Gasteiger charge is 2.05. The lowest BCUT2D eigenvalue weighted by Crippen LogP contribution is -2.15. The van der Waals surface area contributed by atoms with Crippen LogP contribution in [-0.2, 0) is 12.9 Å². The largest absolute Gasteiger partial charge is 0.323 e. The van der Waals surface area contributed by atoms with Crippen molar-refractivity contribution in [2.45, 2.75) is 5.88 Å². The van der Waals surface area contributed by atoms with E-state index in [0.29, 0.717) is 11.7 Å². The number of amidine groups is 1. The molecule has 0 saturated carbocycles. The third kappa shape index (κ3) is 3.78. The molecule has 1 aromatic heterocycles. The minimum Gasteiger partial charge on any atom is -0.323 e. The zero-order valence-electron chi connectivity index (χ0n) is 12.7. The molecule has 2 aromatic carbocycles. The van der Waals surface area contributed by atoms with Crippen LogP contribution in [0.2, 0.25) is 0 Å². The fraction of sp³-hybridized carbons (Fsp3) is 0.111. The molecule has 0 unspecified atom stereocenters. The van der Waals surface area contributed by atoms with Crippen molar-refractivity contribution in [3.63, 3.8) is 0 Å². The summed E-state index contributed by atoms with van der Waals surface area (Å²) in [6, 6.07) is 19.9. The van der Waals surface area contributed by atoms with Gasteiger partial charge in [-0.3, -0.25) is 0 Å². The van der Waals surface area contributed by atoms with Gasteiger partial charge in [0, 0.05) is 23.7 Å². The summed E-state index contributed by atoms with van der Waals surface area (Å²) < 4.78 is 2.00. The Bertz CT molecular complexity index is 864. The first-order chi connectivity index (χ1) is 11.3. The maximum atomic E-state index is 5.94. The molecule has 3 aromatic rings. The highest BCUT2D eigenvalue weighted by molar-refractivity contribution is 7.07. The van der Waals surface area contributed by atoms with Crippen LogP contribution in [0, 0.1) is 0 Å². The summed E-state index contributed by atoms with van der Waals surface area (Å²) in [7, 11) is 1.97. The second kappa shape index (κ2) is 7.40. The number of aromatic nitrogens is 1. The number of hydrogen-bond acceptors (Lipinski definition) is 2. The van der Waals surface area contributed by atoms with Crippen molar-refractivity contribution < 1.29 is 0 Å². The summed E-state index contributed by atoms with van der Waals surface area (Å²) in [4.78, 5) is 10.4. The SMILES string of the molecule is Cn1c(CCl)csc1=NC(=Nc1ccccc1)c1ccccc1. The molecule has 3 rings (SSSR count). The van der Waals surface area contributed by atoms with E-state index in [1.807, 2.05) is 77.7 Å². The number of alkyl halides is 1. The fourth-order valence-corrected chi connectivity index (χ4v) is 3.33. The van der Waals surface area contributed by atoms with Crippen molar-refractivity contribution in [3.8, 4) is 0 Å². The highest BCUT2D eigenvalue weighted by atomic mass is 35.5. The van der Waals surface area contributed by atoms with E-state index in [1.165, 1.54) is 0 Å². The molecule has 5 heteroatoms. The average Bonchev–Trinajstić information content (AvgIpc) is 2.96. The average molecular weight is 342 g/mol. The Kier molecular flexibility index (Phi) is 5.05. The quantitative estimate of drug-likeness (QED) is 0.381. The molecule has 0 aliphatic heterocycles. The number of halogens is 1. The standard InChI is InChI=1S/C18H16ClN3S/c1-22-16(12-19)13-23-18(22)21-17(14-8-4-2-5-9-14)20-15-10-6-3-7-11-15/h2-11,13H,12H2,1H3. The highest BCUT2D eigenvalue weighted by Crippen LogP contribution is 2.14. The Hall–Kier alpha value is -2.17. The Morgan fingerprint density at radius 1 is 1.04 bits per heavy atom. The Balaban J connectivity index is 2.13. The molecule has 0 fully saturated rings. The smallest absolute Gasteiger partial charge is 0.191 e. The van der Waals surface area contributed by atoms with E-state index in [9.17, 15) is 0 Å². The van der Waals surface area contributed by atoms with Crippen LogP contribution in [0.3, 0.4) is 0 Å². The molecule has 3 nitrogen and oxygen atoms in total. The van der Waals surface area contributed by atoms with Gasteiger partial charge >= 0.3 is 0 Å². The molecule has 0 aliphatic rings. The molecule has 0 bridgehead atoms. The van der Waals surface area contributed by atoms with E-state index < -0.39 is 0 Å². The van der Waals surface area contributed by atoms with Gasteiger partial charge in [0.05, 0.1) is 11.6 Å². The van der Waals surface area contributed by atoms with Gasteiger partial charge in [-0.05, 0) is 12.1 Å². The minimum atomic E-state index is 0.471. The lowest BCUT2D eigenvalue weighted by atomic mass is 10.2. The Morgan fingerprint density at radius 3 is 2.30 bits per heavy atom. The van der Waals surface area contributed by atoms with Gasteiger partial charge in [0.25, 0.3) is 0 Å². The molecule has 0 saturated heterocycles. The Morgan fingerprint density at radius 2 is 1.70 bits per heavy atom. The predicted molar refractivity (Wildman–Crippen MR) is 97.5 cm³/mol. The van der Waals surface area contributed by atoms with E-state index in [1.54, 1.807) is 11.3 Å². The topological polar surface area (TPSA) is 29.6 Å². The van der Waals surface area contributed by atoms with E-state index in [2.05, 4.69) is 0 Å². The van der Waals surface area contributed by atoms with Crippen molar-refractivity contribution >= 4 is 34.5 Å². The van der Waals surface area contributed by atoms with Gasteiger partial charge in [0.2, 0.25) is 0 Å². The van der Waals surface area contributed by atoms with Crippen molar-refractivity contribution in [3.05, 3.63) is 82.1 Å². The summed E-state index contributed by atoms with van der Waals surface area (Å²) in [6.07, 6.45) is 0. The fourth-order valence-electron chi connectivity index (χ4n) is 2.08. The maximum absolute atomic E-state index is 5.94. The molecule has 1 heterocycles. The van der Waals surface area contributed by atoms with E-state index >= 15 is 0 Å². The predicted octanol–water partition coefficient (Wildman–Crippen LogP) is 4.50. The molecule has 0 amide bonds. The molecule has 0 spiro atoms. The molecule has 116 valence electrons. The van der Waals surface area contributed by atoms with Gasteiger partial charge in [-0.2, -0.15) is 0 Å². The Labute approximate surface area is 144 Å². The van der Waals surface area contributed by atoms with Gasteiger partial charge in [-0.15, -0.1) is 22.9 Å². The van der Waals surface area contributed by atoms with Crippen LogP contribution in [0.4, 0.5) is 5.69 Å². The van der Waals surface area contributed by atoms with Crippen molar-refractivity contribution in [1.29, 1.82) is 0 Å². The number of benzene rings is 2. The monoisotopic (exact) mass is 341 g/mol. The van der Waals surface area contributed by atoms with Gasteiger partial charge in [0.15, 0.2) is 10.6 Å². The van der Waals surface area contributed by atoms with Crippen LogP contribution in [-0.4, -0.2) is 10.4 Å². The van der Waals surface area contributed by atoms with Crippen molar-refractivity contribution in [1.82, 2.24) is 4.57 Å². The lowest BCUT2D eigenvalue weighted by Gasteiger charge is -2.02. The summed E-state index contributed by atoms with van der Waals surface area (Å²) in [5.41, 5.74) is 2.91.